The quantitative estimate of drug-likeness (QED) is 0.803. The van der Waals surface area contributed by atoms with E-state index in [0.717, 1.165) is 12.8 Å². The van der Waals surface area contributed by atoms with Gasteiger partial charge in [0.05, 0.1) is 0 Å². The summed E-state index contributed by atoms with van der Waals surface area (Å²) in [5.74, 6) is 6.15. The molecule has 0 spiro atoms. The number of benzene rings is 1. The van der Waals surface area contributed by atoms with Gasteiger partial charge in [0.25, 0.3) is 0 Å². The predicted octanol–water partition coefficient (Wildman–Crippen LogP) is 2.70. The fraction of sp³-hybridized carbons (Fsp3) is 0.429. The van der Waals surface area contributed by atoms with Crippen LogP contribution < -0.4 is 5.32 Å². The molecule has 2 rings (SSSR count). The van der Waals surface area contributed by atoms with Gasteiger partial charge in [-0.2, -0.15) is 0 Å². The normalized spacial score (nSPS) is 19.8. The largest absolute Gasteiger partial charge is 0.315 e. The first-order valence-corrected chi connectivity index (χ1v) is 6.54. The Morgan fingerprint density at radius 3 is 3.00 bits per heavy atom. The maximum atomic E-state index is 3.39. The minimum Gasteiger partial charge on any atom is -0.315 e. The lowest BCUT2D eigenvalue weighted by Crippen LogP contribution is -2.35. The zero-order chi connectivity index (χ0) is 11.4. The summed E-state index contributed by atoms with van der Waals surface area (Å²) in [6.07, 6.45) is 2.11. The van der Waals surface area contributed by atoms with E-state index >= 15 is 0 Å². The minimum absolute atomic E-state index is 0.491. The Balaban J connectivity index is 2.05. The summed E-state index contributed by atoms with van der Waals surface area (Å²) < 4.78 is 0. The van der Waals surface area contributed by atoms with Gasteiger partial charge in [-0.3, -0.25) is 0 Å². The molecule has 2 atom stereocenters. The van der Waals surface area contributed by atoms with Gasteiger partial charge in [-0.25, -0.2) is 0 Å². The van der Waals surface area contributed by atoms with Crippen molar-refractivity contribution in [1.82, 2.24) is 5.32 Å². The molecule has 1 nitrogen and oxygen atoms in total. The van der Waals surface area contributed by atoms with Crippen LogP contribution in [0.15, 0.2) is 29.2 Å². The first-order chi connectivity index (χ1) is 7.85. The Labute approximate surface area is 102 Å². The molecule has 1 N–H and O–H groups in total. The second-order valence-corrected chi connectivity index (χ2v) is 5.28. The van der Waals surface area contributed by atoms with Crippen molar-refractivity contribution in [3.63, 3.8) is 0 Å². The molecular formula is C14H17NS. The van der Waals surface area contributed by atoms with Crippen molar-refractivity contribution in [3.8, 4) is 11.8 Å². The number of nitrogens with one attached hydrogen (secondary N) is 1. The van der Waals surface area contributed by atoms with Gasteiger partial charge in [-0.15, -0.1) is 23.6 Å². The van der Waals surface area contributed by atoms with Gasteiger partial charge in [-0.05, 0) is 32.0 Å². The van der Waals surface area contributed by atoms with Crippen LogP contribution in [0.1, 0.15) is 18.9 Å². The molecule has 2 unspecified atom stereocenters. The van der Waals surface area contributed by atoms with E-state index in [1.54, 1.807) is 0 Å². The molecule has 1 heterocycles. The first kappa shape index (κ1) is 11.6. The molecular weight excluding hydrogens is 214 g/mol. The lowest BCUT2D eigenvalue weighted by atomic mass is 10.0. The highest BCUT2D eigenvalue weighted by Gasteiger charge is 2.27. The topological polar surface area (TPSA) is 12.0 Å². The molecule has 0 aliphatic carbocycles. The smallest absolute Gasteiger partial charge is 0.0299 e. The van der Waals surface area contributed by atoms with Crippen LogP contribution in [0, 0.1) is 11.8 Å². The molecule has 1 aromatic rings. The Hall–Kier alpha value is -0.910. The minimum atomic E-state index is 0.491. The molecule has 1 aromatic carbocycles. The highest BCUT2D eigenvalue weighted by atomic mass is 32.2. The van der Waals surface area contributed by atoms with E-state index < -0.39 is 0 Å². The van der Waals surface area contributed by atoms with E-state index in [0.29, 0.717) is 11.3 Å². The summed E-state index contributed by atoms with van der Waals surface area (Å²) in [6.45, 7) is 1.91. The summed E-state index contributed by atoms with van der Waals surface area (Å²) in [7, 11) is 2.03. The summed E-state index contributed by atoms with van der Waals surface area (Å²) in [6, 6.07) is 9.19. The second kappa shape index (κ2) is 5.43. The second-order valence-electron chi connectivity index (χ2n) is 3.99. The van der Waals surface area contributed by atoms with Gasteiger partial charge in [0.2, 0.25) is 0 Å². The third-order valence-corrected chi connectivity index (χ3v) is 4.44. The molecule has 2 heteroatoms. The molecule has 1 aliphatic heterocycles. The summed E-state index contributed by atoms with van der Waals surface area (Å²) in [5, 5.41) is 4.02. The van der Waals surface area contributed by atoms with Crippen molar-refractivity contribution in [2.45, 2.75) is 36.0 Å². The average molecular weight is 231 g/mol. The van der Waals surface area contributed by atoms with Crippen LogP contribution in [0.3, 0.4) is 0 Å². The maximum Gasteiger partial charge on any atom is 0.0299 e. The number of rotatable bonds is 3. The molecule has 84 valence electrons. The SMILES string of the molecule is CC#CCC(NC)C1Cc2ccccc2S1. The van der Waals surface area contributed by atoms with Crippen molar-refractivity contribution in [3.05, 3.63) is 29.8 Å². The van der Waals surface area contributed by atoms with Gasteiger partial charge in [0.15, 0.2) is 0 Å². The van der Waals surface area contributed by atoms with Crippen LogP contribution in [0.25, 0.3) is 0 Å². The lowest BCUT2D eigenvalue weighted by molar-refractivity contribution is 0.552. The van der Waals surface area contributed by atoms with Gasteiger partial charge < -0.3 is 5.32 Å². The van der Waals surface area contributed by atoms with Crippen LogP contribution in [0.5, 0.6) is 0 Å². The van der Waals surface area contributed by atoms with Gasteiger partial charge in [0.1, 0.15) is 0 Å². The molecule has 0 aromatic heterocycles. The lowest BCUT2D eigenvalue weighted by Gasteiger charge is -2.19. The number of thioether (sulfide) groups is 1. The van der Waals surface area contributed by atoms with E-state index in [-0.39, 0.29) is 0 Å². The summed E-state index contributed by atoms with van der Waals surface area (Å²) in [4.78, 5) is 1.44. The Kier molecular flexibility index (Phi) is 3.93. The van der Waals surface area contributed by atoms with E-state index in [9.17, 15) is 0 Å². The standard InChI is InChI=1S/C14H17NS/c1-3-4-8-12(15-2)14-10-11-7-5-6-9-13(11)16-14/h5-7,9,12,14-15H,8,10H2,1-2H3. The third kappa shape index (κ3) is 2.42. The van der Waals surface area contributed by atoms with Gasteiger partial charge in [0, 0.05) is 22.6 Å². The molecule has 0 saturated carbocycles. The van der Waals surface area contributed by atoms with E-state index in [1.165, 1.54) is 10.5 Å². The average Bonchev–Trinajstić information content (AvgIpc) is 2.73. The highest BCUT2D eigenvalue weighted by Crippen LogP contribution is 2.38. The fourth-order valence-corrected chi connectivity index (χ4v) is 3.51. The van der Waals surface area contributed by atoms with Gasteiger partial charge in [-0.1, -0.05) is 18.2 Å². The van der Waals surface area contributed by atoms with Crippen molar-refractivity contribution >= 4 is 11.8 Å². The number of fused-ring (bicyclic) bond motifs is 1. The van der Waals surface area contributed by atoms with Crippen molar-refractivity contribution in [2.75, 3.05) is 7.05 Å². The first-order valence-electron chi connectivity index (χ1n) is 5.66. The Morgan fingerprint density at radius 1 is 1.50 bits per heavy atom. The van der Waals surface area contributed by atoms with E-state index in [1.807, 2.05) is 25.7 Å². The van der Waals surface area contributed by atoms with Crippen LogP contribution in [0.4, 0.5) is 0 Å². The number of hydrogen-bond donors (Lipinski definition) is 1. The molecule has 0 amide bonds. The van der Waals surface area contributed by atoms with Crippen LogP contribution in [-0.4, -0.2) is 18.3 Å². The van der Waals surface area contributed by atoms with Crippen LogP contribution >= 0.6 is 11.8 Å². The van der Waals surface area contributed by atoms with E-state index in [2.05, 4.69) is 41.4 Å². The third-order valence-electron chi connectivity index (χ3n) is 2.99. The Bertz CT molecular complexity index is 391. The van der Waals surface area contributed by atoms with Crippen molar-refractivity contribution in [2.24, 2.45) is 0 Å². The zero-order valence-electron chi connectivity index (χ0n) is 9.79. The molecule has 0 fully saturated rings. The predicted molar refractivity (Wildman–Crippen MR) is 70.7 cm³/mol. The highest BCUT2D eigenvalue weighted by molar-refractivity contribution is 8.00. The molecule has 16 heavy (non-hydrogen) atoms. The monoisotopic (exact) mass is 231 g/mol. The molecule has 0 radical (unpaired) electrons. The molecule has 0 bridgehead atoms. The van der Waals surface area contributed by atoms with Crippen LogP contribution in [0.2, 0.25) is 0 Å². The maximum absolute atomic E-state index is 3.39. The van der Waals surface area contributed by atoms with E-state index in [4.69, 9.17) is 0 Å². The van der Waals surface area contributed by atoms with Crippen molar-refractivity contribution < 1.29 is 0 Å². The molecule has 0 saturated heterocycles. The fourth-order valence-electron chi connectivity index (χ4n) is 2.06. The van der Waals surface area contributed by atoms with Crippen molar-refractivity contribution in [1.29, 1.82) is 0 Å². The summed E-state index contributed by atoms with van der Waals surface area (Å²) >= 11 is 1.99. The zero-order valence-corrected chi connectivity index (χ0v) is 10.6. The Morgan fingerprint density at radius 2 is 2.31 bits per heavy atom. The summed E-state index contributed by atoms with van der Waals surface area (Å²) in [5.41, 5.74) is 1.49. The molecule has 1 aliphatic rings. The van der Waals surface area contributed by atoms with Crippen LogP contribution in [-0.2, 0) is 6.42 Å². The van der Waals surface area contributed by atoms with Gasteiger partial charge >= 0.3 is 0 Å². The number of hydrogen-bond acceptors (Lipinski definition) is 2.